The summed E-state index contributed by atoms with van der Waals surface area (Å²) in [5, 5.41) is 6.74. The number of anilines is 1. The molecule has 0 spiro atoms. The van der Waals surface area contributed by atoms with Gasteiger partial charge in [0.2, 0.25) is 5.95 Å². The van der Waals surface area contributed by atoms with Gasteiger partial charge in [-0.1, -0.05) is 0 Å². The molecule has 2 N–H and O–H groups in total. The van der Waals surface area contributed by atoms with Crippen molar-refractivity contribution in [3.63, 3.8) is 0 Å². The molecule has 2 rings (SSSR count). The smallest absolute Gasteiger partial charge is 0.222 e. The van der Waals surface area contributed by atoms with E-state index in [1.807, 2.05) is 6.07 Å². The second kappa shape index (κ2) is 4.91. The Morgan fingerprint density at radius 2 is 2.07 bits per heavy atom. The van der Waals surface area contributed by atoms with E-state index in [9.17, 15) is 0 Å². The van der Waals surface area contributed by atoms with Gasteiger partial charge < -0.3 is 10.6 Å². The molecule has 0 aliphatic carbocycles. The minimum atomic E-state index is 0.521. The standard InChI is InChI=1S/C10H16N4/c1-3-9(4-8-11-5-1)14-10-12-6-2-7-13-10/h2,6-7,9,11H,1,3-5,8H2,(H,12,13,14). The van der Waals surface area contributed by atoms with Crippen molar-refractivity contribution in [2.75, 3.05) is 18.4 Å². The molecule has 4 heteroatoms. The van der Waals surface area contributed by atoms with Crippen LogP contribution in [-0.4, -0.2) is 29.1 Å². The molecule has 0 bridgehead atoms. The Balaban J connectivity index is 1.90. The first-order valence-electron chi connectivity index (χ1n) is 5.19. The fraction of sp³-hybridized carbons (Fsp3) is 0.600. The van der Waals surface area contributed by atoms with Crippen molar-refractivity contribution in [2.24, 2.45) is 0 Å². The van der Waals surface area contributed by atoms with E-state index in [2.05, 4.69) is 20.6 Å². The van der Waals surface area contributed by atoms with Gasteiger partial charge in [0.15, 0.2) is 0 Å². The van der Waals surface area contributed by atoms with Crippen molar-refractivity contribution in [1.29, 1.82) is 0 Å². The van der Waals surface area contributed by atoms with Crippen LogP contribution in [0.15, 0.2) is 18.5 Å². The van der Waals surface area contributed by atoms with Gasteiger partial charge >= 0.3 is 0 Å². The van der Waals surface area contributed by atoms with Crippen molar-refractivity contribution in [3.8, 4) is 0 Å². The molecule has 0 amide bonds. The van der Waals surface area contributed by atoms with Crippen molar-refractivity contribution < 1.29 is 0 Å². The lowest BCUT2D eigenvalue weighted by Gasteiger charge is -2.15. The molecule has 0 saturated carbocycles. The average molecular weight is 192 g/mol. The Morgan fingerprint density at radius 1 is 1.21 bits per heavy atom. The lowest BCUT2D eigenvalue weighted by Crippen LogP contribution is -2.22. The maximum absolute atomic E-state index is 4.16. The molecule has 1 aliphatic rings. The summed E-state index contributed by atoms with van der Waals surface area (Å²) >= 11 is 0. The van der Waals surface area contributed by atoms with Gasteiger partial charge in [-0.2, -0.15) is 0 Å². The van der Waals surface area contributed by atoms with Crippen molar-refractivity contribution >= 4 is 5.95 Å². The van der Waals surface area contributed by atoms with Crippen molar-refractivity contribution in [2.45, 2.75) is 25.3 Å². The Morgan fingerprint density at radius 3 is 2.93 bits per heavy atom. The fourth-order valence-electron chi connectivity index (χ4n) is 1.72. The first-order valence-corrected chi connectivity index (χ1v) is 5.19. The number of hydrogen-bond acceptors (Lipinski definition) is 4. The van der Waals surface area contributed by atoms with Crippen molar-refractivity contribution in [3.05, 3.63) is 18.5 Å². The monoisotopic (exact) mass is 192 g/mol. The van der Waals surface area contributed by atoms with Crippen molar-refractivity contribution in [1.82, 2.24) is 15.3 Å². The largest absolute Gasteiger partial charge is 0.351 e. The van der Waals surface area contributed by atoms with Gasteiger partial charge in [-0.15, -0.1) is 0 Å². The molecule has 14 heavy (non-hydrogen) atoms. The second-order valence-corrected chi connectivity index (χ2v) is 3.59. The van der Waals surface area contributed by atoms with Crippen LogP contribution in [0.2, 0.25) is 0 Å². The molecule has 1 fully saturated rings. The van der Waals surface area contributed by atoms with E-state index >= 15 is 0 Å². The predicted molar refractivity (Wildman–Crippen MR) is 56.2 cm³/mol. The zero-order valence-corrected chi connectivity index (χ0v) is 8.24. The third-order valence-electron chi connectivity index (χ3n) is 2.47. The van der Waals surface area contributed by atoms with Gasteiger partial charge in [0.1, 0.15) is 0 Å². The molecule has 1 saturated heterocycles. The Bertz CT molecular complexity index is 254. The molecule has 1 unspecified atom stereocenters. The van der Waals surface area contributed by atoms with Crippen LogP contribution in [0.25, 0.3) is 0 Å². The third kappa shape index (κ3) is 2.67. The van der Waals surface area contributed by atoms with Crippen LogP contribution in [0, 0.1) is 0 Å². The fourth-order valence-corrected chi connectivity index (χ4v) is 1.72. The summed E-state index contributed by atoms with van der Waals surface area (Å²) in [5.41, 5.74) is 0. The van der Waals surface area contributed by atoms with Gasteiger partial charge in [0, 0.05) is 18.4 Å². The highest BCUT2D eigenvalue weighted by atomic mass is 15.1. The summed E-state index contributed by atoms with van der Waals surface area (Å²) in [6, 6.07) is 2.35. The molecule has 1 aromatic heterocycles. The lowest BCUT2D eigenvalue weighted by atomic mass is 10.1. The van der Waals surface area contributed by atoms with E-state index in [1.165, 1.54) is 12.8 Å². The molecule has 76 valence electrons. The van der Waals surface area contributed by atoms with Gasteiger partial charge in [-0.3, -0.25) is 0 Å². The van der Waals surface area contributed by atoms with Crippen LogP contribution in [0.1, 0.15) is 19.3 Å². The summed E-state index contributed by atoms with van der Waals surface area (Å²) in [7, 11) is 0. The highest BCUT2D eigenvalue weighted by molar-refractivity contribution is 5.24. The highest BCUT2D eigenvalue weighted by Gasteiger charge is 2.11. The minimum absolute atomic E-state index is 0.521. The number of rotatable bonds is 2. The molecule has 4 nitrogen and oxygen atoms in total. The minimum Gasteiger partial charge on any atom is -0.351 e. The zero-order chi connectivity index (χ0) is 9.64. The van der Waals surface area contributed by atoms with Gasteiger partial charge in [0.05, 0.1) is 0 Å². The van der Waals surface area contributed by atoms with Crippen LogP contribution in [0.4, 0.5) is 5.95 Å². The Hall–Kier alpha value is -1.16. The summed E-state index contributed by atoms with van der Waals surface area (Å²) < 4.78 is 0. The summed E-state index contributed by atoms with van der Waals surface area (Å²) in [6.45, 7) is 2.22. The second-order valence-electron chi connectivity index (χ2n) is 3.59. The molecule has 0 aromatic carbocycles. The summed E-state index contributed by atoms with van der Waals surface area (Å²) in [6.07, 6.45) is 7.11. The van der Waals surface area contributed by atoms with Crippen LogP contribution in [0.3, 0.4) is 0 Å². The number of hydrogen-bond donors (Lipinski definition) is 2. The zero-order valence-electron chi connectivity index (χ0n) is 8.24. The van der Waals surface area contributed by atoms with Crippen LogP contribution < -0.4 is 10.6 Å². The summed E-state index contributed by atoms with van der Waals surface area (Å²) in [4.78, 5) is 8.32. The number of aromatic nitrogens is 2. The topological polar surface area (TPSA) is 49.8 Å². The molecule has 1 aromatic rings. The molecular weight excluding hydrogens is 176 g/mol. The molecular formula is C10H16N4. The highest BCUT2D eigenvalue weighted by Crippen LogP contribution is 2.09. The van der Waals surface area contributed by atoms with E-state index in [1.54, 1.807) is 12.4 Å². The SMILES string of the molecule is c1cnc(NC2CCCNCC2)nc1. The van der Waals surface area contributed by atoms with Gasteiger partial charge in [-0.25, -0.2) is 9.97 Å². The Labute approximate surface area is 84.2 Å². The van der Waals surface area contributed by atoms with Crippen LogP contribution >= 0.6 is 0 Å². The number of nitrogens with zero attached hydrogens (tertiary/aromatic N) is 2. The first-order chi connectivity index (χ1) is 6.95. The quantitative estimate of drug-likeness (QED) is 0.735. The van der Waals surface area contributed by atoms with E-state index in [0.29, 0.717) is 6.04 Å². The predicted octanol–water partition coefficient (Wildman–Crippen LogP) is 1.03. The van der Waals surface area contributed by atoms with Gasteiger partial charge in [-0.05, 0) is 38.4 Å². The van der Waals surface area contributed by atoms with E-state index in [-0.39, 0.29) is 0 Å². The molecule has 1 atom stereocenters. The maximum Gasteiger partial charge on any atom is 0.222 e. The lowest BCUT2D eigenvalue weighted by molar-refractivity contribution is 0.632. The van der Waals surface area contributed by atoms with E-state index in [0.717, 1.165) is 25.5 Å². The third-order valence-corrected chi connectivity index (χ3v) is 2.47. The van der Waals surface area contributed by atoms with Crippen LogP contribution in [0.5, 0.6) is 0 Å². The van der Waals surface area contributed by atoms with E-state index < -0.39 is 0 Å². The maximum atomic E-state index is 4.16. The van der Waals surface area contributed by atoms with E-state index in [4.69, 9.17) is 0 Å². The summed E-state index contributed by atoms with van der Waals surface area (Å²) in [5.74, 6) is 0.749. The molecule has 1 aliphatic heterocycles. The Kier molecular flexibility index (Phi) is 3.29. The average Bonchev–Trinajstić information content (AvgIpc) is 2.48. The molecule has 2 heterocycles. The normalized spacial score (nSPS) is 22.7. The van der Waals surface area contributed by atoms with Crippen LogP contribution in [-0.2, 0) is 0 Å². The first kappa shape index (κ1) is 9.40. The molecule has 0 radical (unpaired) electrons. The van der Waals surface area contributed by atoms with Gasteiger partial charge in [0.25, 0.3) is 0 Å². The number of nitrogens with one attached hydrogen (secondary N) is 2.